The van der Waals surface area contributed by atoms with Crippen molar-refractivity contribution in [3.63, 3.8) is 0 Å². The molecule has 4 aromatic rings. The first kappa shape index (κ1) is 20.5. The van der Waals surface area contributed by atoms with Gasteiger partial charge in [-0.25, -0.2) is 4.98 Å². The molecule has 3 aromatic carbocycles. The molecule has 6 heteroatoms. The van der Waals surface area contributed by atoms with E-state index in [1.807, 2.05) is 66.7 Å². The number of fused-ring (bicyclic) bond motifs is 1. The molecule has 0 spiro atoms. The lowest BCUT2D eigenvalue weighted by Crippen LogP contribution is -2.25. The predicted octanol–water partition coefficient (Wildman–Crippen LogP) is 4.63. The lowest BCUT2D eigenvalue weighted by molar-refractivity contribution is 0.0951. The highest BCUT2D eigenvalue weighted by Crippen LogP contribution is 2.23. The third-order valence-corrected chi connectivity index (χ3v) is 6.55. The van der Waals surface area contributed by atoms with Gasteiger partial charge in [0, 0.05) is 17.4 Å². The van der Waals surface area contributed by atoms with Crippen molar-refractivity contribution in [1.82, 2.24) is 14.9 Å². The van der Waals surface area contributed by atoms with Gasteiger partial charge in [0.15, 0.2) is 5.16 Å². The second-order valence-corrected chi connectivity index (χ2v) is 8.96. The number of carbonyl (C=O) groups is 1. The first-order chi connectivity index (χ1) is 15.7. The fourth-order valence-electron chi connectivity index (χ4n) is 3.56. The molecule has 1 aromatic heterocycles. The summed E-state index contributed by atoms with van der Waals surface area (Å²) in [5.74, 6) is 0.689. The molecule has 0 atom stereocenters. The van der Waals surface area contributed by atoms with Crippen LogP contribution in [0.2, 0.25) is 0 Å². The molecule has 1 amide bonds. The van der Waals surface area contributed by atoms with E-state index in [0.29, 0.717) is 34.2 Å². The van der Waals surface area contributed by atoms with Crippen molar-refractivity contribution in [3.05, 3.63) is 106 Å². The number of para-hydroxylation sites is 1. The van der Waals surface area contributed by atoms with Gasteiger partial charge in [-0.1, -0.05) is 66.4 Å². The average molecular weight is 442 g/mol. The first-order valence-corrected chi connectivity index (χ1v) is 11.7. The van der Waals surface area contributed by atoms with Crippen LogP contribution in [0.25, 0.3) is 10.9 Å². The maximum atomic E-state index is 13.3. The number of rotatable bonds is 7. The van der Waals surface area contributed by atoms with E-state index in [9.17, 15) is 9.59 Å². The Morgan fingerprint density at radius 3 is 2.41 bits per heavy atom. The molecule has 0 bridgehead atoms. The van der Waals surface area contributed by atoms with Gasteiger partial charge in [0.25, 0.3) is 11.5 Å². The van der Waals surface area contributed by atoms with Gasteiger partial charge in [0.05, 0.1) is 17.4 Å². The van der Waals surface area contributed by atoms with Gasteiger partial charge in [-0.05, 0) is 48.2 Å². The second-order valence-electron chi connectivity index (χ2n) is 8.02. The lowest BCUT2D eigenvalue weighted by atomic mass is 10.1. The third-order valence-electron chi connectivity index (χ3n) is 5.51. The molecule has 0 unspecified atom stereocenters. The summed E-state index contributed by atoms with van der Waals surface area (Å²) in [5, 5.41) is 4.30. The van der Waals surface area contributed by atoms with E-state index in [0.717, 1.165) is 24.2 Å². The Morgan fingerprint density at radius 2 is 1.66 bits per heavy atom. The highest BCUT2D eigenvalue weighted by Gasteiger charge is 2.23. The summed E-state index contributed by atoms with van der Waals surface area (Å²) in [4.78, 5) is 30.4. The second kappa shape index (κ2) is 9.01. The molecule has 5 nitrogen and oxygen atoms in total. The van der Waals surface area contributed by atoms with Crippen molar-refractivity contribution in [2.45, 2.75) is 36.3 Å². The predicted molar refractivity (Wildman–Crippen MR) is 128 cm³/mol. The highest BCUT2D eigenvalue weighted by molar-refractivity contribution is 7.98. The summed E-state index contributed by atoms with van der Waals surface area (Å²) in [5.41, 5.74) is 3.42. The maximum Gasteiger partial charge on any atom is 0.262 e. The number of benzene rings is 3. The van der Waals surface area contributed by atoms with Crippen LogP contribution in [-0.2, 0) is 12.3 Å². The third kappa shape index (κ3) is 4.60. The normalized spacial score (nSPS) is 13.2. The maximum absolute atomic E-state index is 13.3. The van der Waals surface area contributed by atoms with Crippen LogP contribution in [0.4, 0.5) is 0 Å². The minimum atomic E-state index is -0.0540. The topological polar surface area (TPSA) is 64.0 Å². The van der Waals surface area contributed by atoms with Crippen LogP contribution < -0.4 is 10.9 Å². The number of hydrogen-bond donors (Lipinski definition) is 1. The van der Waals surface area contributed by atoms with E-state index in [2.05, 4.69) is 17.4 Å². The Bertz CT molecular complexity index is 1310. The lowest BCUT2D eigenvalue weighted by Gasteiger charge is -2.14. The molecule has 1 N–H and O–H groups in total. The highest BCUT2D eigenvalue weighted by atomic mass is 32.2. The van der Waals surface area contributed by atoms with E-state index in [1.54, 1.807) is 16.3 Å². The number of amides is 1. The molecule has 1 fully saturated rings. The van der Waals surface area contributed by atoms with Gasteiger partial charge in [0.2, 0.25) is 0 Å². The fraction of sp³-hybridized carbons (Fsp3) is 0.192. The van der Waals surface area contributed by atoms with E-state index in [1.165, 1.54) is 5.56 Å². The number of nitrogens with zero attached hydrogens (tertiary/aromatic N) is 2. The Labute approximate surface area is 190 Å². The van der Waals surface area contributed by atoms with Crippen molar-refractivity contribution in [1.29, 1.82) is 0 Å². The molecule has 0 radical (unpaired) electrons. The molecular weight excluding hydrogens is 418 g/mol. The molecule has 1 heterocycles. The number of aromatic nitrogens is 2. The Kier molecular flexibility index (Phi) is 5.77. The van der Waals surface area contributed by atoms with Gasteiger partial charge in [-0.15, -0.1) is 0 Å². The van der Waals surface area contributed by atoms with Crippen molar-refractivity contribution < 1.29 is 4.79 Å². The van der Waals surface area contributed by atoms with Gasteiger partial charge in [0.1, 0.15) is 0 Å². The van der Waals surface area contributed by atoms with E-state index >= 15 is 0 Å². The Balaban J connectivity index is 1.44. The molecule has 32 heavy (non-hydrogen) atoms. The van der Waals surface area contributed by atoms with Crippen LogP contribution in [0, 0.1) is 0 Å². The minimum Gasteiger partial charge on any atom is -0.349 e. The SMILES string of the molecule is O=C(NC1CC1)c1ccc(Cn2c(SCc3ccccc3)nc3ccccc3c2=O)cc1. The molecule has 1 aliphatic carbocycles. The molecular formula is C26H23N3O2S. The average Bonchev–Trinajstić information content (AvgIpc) is 3.65. The summed E-state index contributed by atoms with van der Waals surface area (Å²) in [6.45, 7) is 0.401. The van der Waals surface area contributed by atoms with E-state index in [4.69, 9.17) is 4.98 Å². The zero-order chi connectivity index (χ0) is 21.9. The summed E-state index contributed by atoms with van der Waals surface area (Å²) in [7, 11) is 0. The monoisotopic (exact) mass is 441 g/mol. The smallest absolute Gasteiger partial charge is 0.262 e. The van der Waals surface area contributed by atoms with Gasteiger partial charge < -0.3 is 5.32 Å². The molecule has 1 saturated carbocycles. The summed E-state index contributed by atoms with van der Waals surface area (Å²) < 4.78 is 1.73. The van der Waals surface area contributed by atoms with Crippen LogP contribution in [-0.4, -0.2) is 21.5 Å². The van der Waals surface area contributed by atoms with Crippen LogP contribution >= 0.6 is 11.8 Å². The summed E-state index contributed by atoms with van der Waals surface area (Å²) in [6.07, 6.45) is 2.12. The van der Waals surface area contributed by atoms with Crippen molar-refractivity contribution in [2.75, 3.05) is 0 Å². The fourth-order valence-corrected chi connectivity index (χ4v) is 4.51. The summed E-state index contributed by atoms with van der Waals surface area (Å²) >= 11 is 1.56. The van der Waals surface area contributed by atoms with Crippen molar-refractivity contribution >= 4 is 28.6 Å². The first-order valence-electron chi connectivity index (χ1n) is 10.7. The van der Waals surface area contributed by atoms with Gasteiger partial charge >= 0.3 is 0 Å². The van der Waals surface area contributed by atoms with Crippen molar-refractivity contribution in [2.24, 2.45) is 0 Å². The standard InChI is InChI=1S/C26H23N3O2S/c30-24(27-21-14-15-21)20-12-10-18(11-13-20)16-29-25(31)22-8-4-5-9-23(22)28-26(29)32-17-19-6-2-1-3-7-19/h1-13,21H,14-17H2,(H,27,30). The Morgan fingerprint density at radius 1 is 0.938 bits per heavy atom. The molecule has 1 aliphatic rings. The van der Waals surface area contributed by atoms with Crippen LogP contribution in [0.3, 0.4) is 0 Å². The quantitative estimate of drug-likeness (QED) is 0.336. The number of thioether (sulfide) groups is 1. The number of hydrogen-bond acceptors (Lipinski definition) is 4. The minimum absolute atomic E-state index is 0.0392. The zero-order valence-corrected chi connectivity index (χ0v) is 18.3. The van der Waals surface area contributed by atoms with E-state index < -0.39 is 0 Å². The van der Waals surface area contributed by atoms with Gasteiger partial charge in [-0.2, -0.15) is 0 Å². The van der Waals surface area contributed by atoms with Crippen LogP contribution in [0.5, 0.6) is 0 Å². The molecule has 160 valence electrons. The number of carbonyl (C=O) groups excluding carboxylic acids is 1. The van der Waals surface area contributed by atoms with Crippen LogP contribution in [0.15, 0.2) is 88.8 Å². The van der Waals surface area contributed by atoms with E-state index in [-0.39, 0.29) is 11.5 Å². The summed E-state index contributed by atoms with van der Waals surface area (Å²) in [6, 6.07) is 25.4. The van der Waals surface area contributed by atoms with Gasteiger partial charge in [-0.3, -0.25) is 14.2 Å². The van der Waals surface area contributed by atoms with Crippen LogP contribution in [0.1, 0.15) is 34.3 Å². The zero-order valence-electron chi connectivity index (χ0n) is 17.5. The molecule has 0 saturated heterocycles. The Hall–Kier alpha value is -3.38. The largest absolute Gasteiger partial charge is 0.349 e. The molecule has 0 aliphatic heterocycles. The van der Waals surface area contributed by atoms with Crippen molar-refractivity contribution in [3.8, 4) is 0 Å². The number of nitrogens with one attached hydrogen (secondary N) is 1. The molecule has 5 rings (SSSR count).